The minimum absolute atomic E-state index is 0.140. The molecule has 19 heavy (non-hydrogen) atoms. The van der Waals surface area contributed by atoms with Gasteiger partial charge in [0.2, 0.25) is 0 Å². The molecule has 0 fully saturated rings. The van der Waals surface area contributed by atoms with Crippen LogP contribution < -0.4 is 0 Å². The van der Waals surface area contributed by atoms with Crippen LogP contribution in [0.4, 0.5) is 0 Å². The summed E-state index contributed by atoms with van der Waals surface area (Å²) in [6.07, 6.45) is 11.2. The number of hydrogen-bond acceptors (Lipinski definition) is 2. The first kappa shape index (κ1) is 16.2. The van der Waals surface area contributed by atoms with Crippen LogP contribution >= 0.6 is 0 Å². The zero-order chi connectivity index (χ0) is 14.3. The van der Waals surface area contributed by atoms with Crippen LogP contribution in [0.3, 0.4) is 0 Å². The van der Waals surface area contributed by atoms with Gasteiger partial charge in [-0.1, -0.05) is 63.3 Å². The van der Waals surface area contributed by atoms with E-state index in [0.29, 0.717) is 12.3 Å². The van der Waals surface area contributed by atoms with Crippen LogP contribution in [0.5, 0.6) is 0 Å². The normalized spacial score (nSPS) is 21.3. The van der Waals surface area contributed by atoms with Crippen LogP contribution in [-0.2, 0) is 9.53 Å². The van der Waals surface area contributed by atoms with E-state index in [2.05, 4.69) is 32.9 Å². The van der Waals surface area contributed by atoms with E-state index in [1.807, 2.05) is 6.08 Å². The quantitative estimate of drug-likeness (QED) is 0.620. The van der Waals surface area contributed by atoms with Crippen molar-refractivity contribution in [3.8, 4) is 0 Å². The van der Waals surface area contributed by atoms with E-state index in [9.17, 15) is 4.79 Å². The smallest absolute Gasteiger partial charge is 0.162 e. The van der Waals surface area contributed by atoms with Gasteiger partial charge in [0.05, 0.1) is 0 Å². The van der Waals surface area contributed by atoms with Crippen molar-refractivity contribution in [1.29, 1.82) is 0 Å². The molecule has 0 aromatic rings. The first-order chi connectivity index (χ1) is 9.13. The van der Waals surface area contributed by atoms with Crippen LogP contribution in [0.2, 0.25) is 0 Å². The Labute approximate surface area is 117 Å². The molecule has 0 saturated carbocycles. The lowest BCUT2D eigenvalue weighted by Gasteiger charge is -2.23. The number of ether oxygens (including phenoxy) is 1. The number of methoxy groups -OCH3 is 1. The van der Waals surface area contributed by atoms with E-state index in [4.69, 9.17) is 4.74 Å². The van der Waals surface area contributed by atoms with Crippen molar-refractivity contribution >= 4 is 5.78 Å². The van der Waals surface area contributed by atoms with Crippen molar-refractivity contribution in [1.82, 2.24) is 0 Å². The summed E-state index contributed by atoms with van der Waals surface area (Å²) in [6.45, 7) is 6.44. The van der Waals surface area contributed by atoms with Crippen LogP contribution in [-0.4, -0.2) is 19.0 Å². The summed E-state index contributed by atoms with van der Waals surface area (Å²) >= 11 is 0. The van der Waals surface area contributed by atoms with Gasteiger partial charge in [0.15, 0.2) is 5.78 Å². The topological polar surface area (TPSA) is 26.3 Å². The van der Waals surface area contributed by atoms with Gasteiger partial charge in [-0.05, 0) is 12.8 Å². The van der Waals surface area contributed by atoms with E-state index < -0.39 is 0 Å². The molecule has 1 aliphatic carbocycles. The second kappa shape index (κ2) is 8.31. The largest absolute Gasteiger partial charge is 0.373 e. The molecule has 3 atom stereocenters. The Morgan fingerprint density at radius 2 is 2.16 bits per heavy atom. The summed E-state index contributed by atoms with van der Waals surface area (Å²) in [5.74, 6) is 0.913. The third kappa shape index (κ3) is 4.61. The highest BCUT2D eigenvalue weighted by atomic mass is 16.5. The van der Waals surface area contributed by atoms with Gasteiger partial charge >= 0.3 is 0 Å². The van der Waals surface area contributed by atoms with E-state index in [1.54, 1.807) is 7.11 Å². The van der Waals surface area contributed by atoms with Crippen LogP contribution in [0.1, 0.15) is 52.9 Å². The molecule has 0 heterocycles. The van der Waals surface area contributed by atoms with Crippen LogP contribution in [0.15, 0.2) is 23.8 Å². The molecule has 0 radical (unpaired) electrons. The minimum Gasteiger partial charge on any atom is -0.373 e. The molecule has 0 saturated heterocycles. The fourth-order valence-corrected chi connectivity index (χ4v) is 2.75. The molecule has 0 bridgehead atoms. The highest BCUT2D eigenvalue weighted by molar-refractivity contribution is 5.84. The fourth-order valence-electron chi connectivity index (χ4n) is 2.75. The van der Waals surface area contributed by atoms with Gasteiger partial charge in [0.25, 0.3) is 0 Å². The molecule has 0 amide bonds. The molecule has 0 aliphatic heterocycles. The second-order valence-corrected chi connectivity index (χ2v) is 5.56. The fraction of sp³-hybridized carbons (Fsp3) is 0.706. The zero-order valence-electron chi connectivity index (χ0n) is 12.8. The van der Waals surface area contributed by atoms with Crippen molar-refractivity contribution in [3.63, 3.8) is 0 Å². The van der Waals surface area contributed by atoms with E-state index in [-0.39, 0.29) is 17.8 Å². The Kier molecular flexibility index (Phi) is 7.07. The zero-order valence-corrected chi connectivity index (χ0v) is 12.8. The third-order valence-electron chi connectivity index (χ3n) is 4.13. The van der Waals surface area contributed by atoms with Gasteiger partial charge in [0, 0.05) is 19.4 Å². The van der Waals surface area contributed by atoms with Crippen molar-refractivity contribution in [2.45, 2.75) is 59.0 Å². The number of hydrogen-bond donors (Lipinski definition) is 0. The summed E-state index contributed by atoms with van der Waals surface area (Å²) < 4.78 is 5.47. The second-order valence-electron chi connectivity index (χ2n) is 5.56. The molecule has 1 aliphatic rings. The number of ketones is 1. The molecule has 3 unspecified atom stereocenters. The SMILES string of the molecule is CCCCC(CC)CC(=O)C(OC)C1C=CC=C1C. The number of carbonyl (C=O) groups is 1. The van der Waals surface area contributed by atoms with Crippen molar-refractivity contribution in [3.05, 3.63) is 23.8 Å². The Morgan fingerprint density at radius 3 is 2.63 bits per heavy atom. The maximum absolute atomic E-state index is 12.5. The third-order valence-corrected chi connectivity index (χ3v) is 4.13. The van der Waals surface area contributed by atoms with Gasteiger partial charge in [-0.15, -0.1) is 0 Å². The van der Waals surface area contributed by atoms with Gasteiger partial charge in [0.1, 0.15) is 6.10 Å². The average Bonchev–Trinajstić information content (AvgIpc) is 2.82. The minimum atomic E-state index is -0.300. The summed E-state index contributed by atoms with van der Waals surface area (Å²) in [5, 5.41) is 0. The summed E-state index contributed by atoms with van der Waals surface area (Å²) in [6, 6.07) is 0. The molecule has 1 rings (SSSR count). The number of unbranched alkanes of at least 4 members (excludes halogenated alkanes) is 1. The molecule has 2 nitrogen and oxygen atoms in total. The van der Waals surface area contributed by atoms with Gasteiger partial charge in [-0.25, -0.2) is 0 Å². The lowest BCUT2D eigenvalue weighted by atomic mass is 9.87. The molecular formula is C17H28O2. The number of rotatable bonds is 9. The monoisotopic (exact) mass is 264 g/mol. The molecule has 0 aromatic carbocycles. The molecular weight excluding hydrogens is 236 g/mol. The summed E-state index contributed by atoms with van der Waals surface area (Å²) in [4.78, 5) is 12.5. The lowest BCUT2D eigenvalue weighted by Crippen LogP contribution is -2.32. The lowest BCUT2D eigenvalue weighted by molar-refractivity contribution is -0.131. The van der Waals surface area contributed by atoms with Crippen molar-refractivity contribution < 1.29 is 9.53 Å². The van der Waals surface area contributed by atoms with E-state index in [0.717, 1.165) is 12.8 Å². The summed E-state index contributed by atoms with van der Waals surface area (Å²) in [7, 11) is 1.65. The Bertz CT molecular complexity index is 341. The van der Waals surface area contributed by atoms with Crippen molar-refractivity contribution in [2.75, 3.05) is 7.11 Å². The van der Waals surface area contributed by atoms with Gasteiger partial charge in [-0.3, -0.25) is 4.79 Å². The maximum Gasteiger partial charge on any atom is 0.162 e. The van der Waals surface area contributed by atoms with E-state index in [1.165, 1.54) is 18.4 Å². The van der Waals surface area contributed by atoms with Crippen LogP contribution in [0.25, 0.3) is 0 Å². The molecule has 0 spiro atoms. The number of allylic oxidation sites excluding steroid dienone is 2. The number of Topliss-reactive ketones (excluding diaryl/α,β-unsaturated/α-hetero) is 1. The van der Waals surface area contributed by atoms with Gasteiger partial charge in [-0.2, -0.15) is 0 Å². The van der Waals surface area contributed by atoms with Gasteiger partial charge < -0.3 is 4.74 Å². The first-order valence-electron chi connectivity index (χ1n) is 7.54. The Balaban J connectivity index is 2.58. The van der Waals surface area contributed by atoms with E-state index >= 15 is 0 Å². The van der Waals surface area contributed by atoms with Crippen LogP contribution in [0, 0.1) is 11.8 Å². The summed E-state index contributed by atoms with van der Waals surface area (Å²) in [5.41, 5.74) is 1.22. The van der Waals surface area contributed by atoms with Crippen molar-refractivity contribution in [2.24, 2.45) is 11.8 Å². The molecule has 2 heteroatoms. The number of carbonyl (C=O) groups excluding carboxylic acids is 1. The maximum atomic E-state index is 12.5. The molecule has 108 valence electrons. The predicted molar refractivity (Wildman–Crippen MR) is 80.1 cm³/mol. The Morgan fingerprint density at radius 1 is 1.42 bits per heavy atom. The highest BCUT2D eigenvalue weighted by Crippen LogP contribution is 2.27. The Hall–Kier alpha value is -0.890. The standard InChI is InChI=1S/C17H28O2/c1-5-7-10-14(6-2)12-16(18)17(19-4)15-11-8-9-13(15)3/h8-9,11,14-15,17H,5-7,10,12H2,1-4H3. The highest BCUT2D eigenvalue weighted by Gasteiger charge is 2.29. The molecule has 0 N–H and O–H groups in total. The average molecular weight is 264 g/mol. The predicted octanol–water partition coefficient (Wildman–Crippen LogP) is 4.31. The first-order valence-corrected chi connectivity index (χ1v) is 7.54. The molecule has 0 aromatic heterocycles.